The molecule has 214 valence electrons. The zero-order valence-corrected chi connectivity index (χ0v) is 20.9. The van der Waals surface area contributed by atoms with E-state index in [1.165, 1.54) is 0 Å². The molecule has 2 aromatic carbocycles. The van der Waals surface area contributed by atoms with Crippen LogP contribution in [0.5, 0.6) is 0 Å². The molecule has 0 spiro atoms. The summed E-state index contributed by atoms with van der Waals surface area (Å²) in [7, 11) is 0. The second-order valence-corrected chi connectivity index (χ2v) is 9.52. The van der Waals surface area contributed by atoms with Crippen molar-refractivity contribution >= 4 is 17.4 Å². The van der Waals surface area contributed by atoms with Crippen LogP contribution in [0.2, 0.25) is 0 Å². The number of anilines is 2. The Hall–Kier alpha value is -2.69. The molecule has 2 aliphatic heterocycles. The Balaban J connectivity index is 1.35. The smallest absolute Gasteiger partial charge is 0.323 e. The van der Waals surface area contributed by atoms with Crippen LogP contribution in [0.3, 0.4) is 0 Å². The van der Waals surface area contributed by atoms with Crippen molar-refractivity contribution in [3.05, 3.63) is 60.2 Å². The van der Waals surface area contributed by atoms with Crippen LogP contribution in [-0.4, -0.2) is 116 Å². The summed E-state index contributed by atoms with van der Waals surface area (Å²) in [5.41, 5.74) is 1.88. The molecule has 2 aromatic rings. The van der Waals surface area contributed by atoms with E-state index in [1.807, 2.05) is 6.07 Å². The van der Waals surface area contributed by atoms with Gasteiger partial charge >= 0.3 is 6.03 Å². The number of hydrogen-bond acceptors (Lipinski definition) is 11. The first-order valence-corrected chi connectivity index (χ1v) is 12.5. The lowest BCUT2D eigenvalue weighted by atomic mass is 9.91. The van der Waals surface area contributed by atoms with Crippen LogP contribution in [0.1, 0.15) is 5.56 Å². The molecule has 0 aromatic heterocycles. The van der Waals surface area contributed by atoms with Gasteiger partial charge in [0.15, 0.2) is 6.29 Å². The first-order valence-electron chi connectivity index (χ1n) is 12.5. The van der Waals surface area contributed by atoms with Gasteiger partial charge in [-0.2, -0.15) is 0 Å². The first-order chi connectivity index (χ1) is 18.7. The van der Waals surface area contributed by atoms with Crippen molar-refractivity contribution in [3.8, 4) is 0 Å². The molecule has 39 heavy (non-hydrogen) atoms. The average molecular weight is 551 g/mol. The maximum Gasteiger partial charge on any atom is 0.323 e. The highest BCUT2D eigenvalue weighted by Gasteiger charge is 2.50. The van der Waals surface area contributed by atoms with Gasteiger partial charge in [0.25, 0.3) is 0 Å². The maximum atomic E-state index is 12.2. The number of rotatable bonds is 8. The van der Waals surface area contributed by atoms with E-state index in [0.29, 0.717) is 16.9 Å². The largest absolute Gasteiger partial charge is 0.394 e. The standard InChI is InChI=1S/C26H34N2O11/c29-11-17-20(32)21(33)23(35)25(38-17)39-24-18(12-30)37-16(19(31)22(24)34)10-13-6-8-15(9-7-13)28-26(36)27-14-4-2-1-3-5-14/h1-9,16-25,29-35H,10-12H2,(H2,27,28,36)/t16-,17?,18?,19?,20-,21?,22+,23-,24+,25?/m0/s1. The van der Waals surface area contributed by atoms with E-state index in [2.05, 4.69) is 10.6 Å². The van der Waals surface area contributed by atoms with Gasteiger partial charge in [-0.1, -0.05) is 30.3 Å². The number of ether oxygens (including phenoxy) is 3. The van der Waals surface area contributed by atoms with E-state index in [-0.39, 0.29) is 6.42 Å². The summed E-state index contributed by atoms with van der Waals surface area (Å²) in [6.45, 7) is -1.28. The molecule has 2 fully saturated rings. The summed E-state index contributed by atoms with van der Waals surface area (Å²) in [6, 6.07) is 15.3. The molecule has 5 unspecified atom stereocenters. The van der Waals surface area contributed by atoms with Gasteiger partial charge in [-0.05, 0) is 29.8 Å². The molecule has 0 aliphatic carbocycles. The van der Waals surface area contributed by atoms with E-state index in [4.69, 9.17) is 14.2 Å². The summed E-state index contributed by atoms with van der Waals surface area (Å²) >= 11 is 0. The molecule has 0 radical (unpaired) electrons. The highest BCUT2D eigenvalue weighted by Crippen LogP contribution is 2.30. The van der Waals surface area contributed by atoms with Gasteiger partial charge in [-0.25, -0.2) is 4.79 Å². The number of aliphatic hydroxyl groups is 7. The number of aliphatic hydroxyl groups excluding tert-OH is 7. The van der Waals surface area contributed by atoms with E-state index in [9.17, 15) is 40.5 Å². The molecular formula is C26H34N2O11. The van der Waals surface area contributed by atoms with Crippen molar-refractivity contribution in [2.75, 3.05) is 23.8 Å². The topological polar surface area (TPSA) is 210 Å². The molecular weight excluding hydrogens is 516 g/mol. The van der Waals surface area contributed by atoms with Crippen molar-refractivity contribution < 1.29 is 54.8 Å². The van der Waals surface area contributed by atoms with Gasteiger partial charge in [0.2, 0.25) is 0 Å². The number of nitrogens with one attached hydrogen (secondary N) is 2. The number of para-hydroxylation sites is 1. The Labute approximate surface area is 224 Å². The predicted octanol–water partition coefficient (Wildman–Crippen LogP) is -1.46. The second-order valence-electron chi connectivity index (χ2n) is 9.52. The number of benzene rings is 2. The van der Waals surface area contributed by atoms with Gasteiger partial charge in [0, 0.05) is 17.8 Å². The van der Waals surface area contributed by atoms with Crippen molar-refractivity contribution in [2.24, 2.45) is 0 Å². The monoisotopic (exact) mass is 550 g/mol. The van der Waals surface area contributed by atoms with Crippen LogP contribution < -0.4 is 10.6 Å². The summed E-state index contributed by atoms with van der Waals surface area (Å²) in [5, 5.41) is 76.4. The van der Waals surface area contributed by atoms with Crippen LogP contribution in [0.15, 0.2) is 54.6 Å². The molecule has 0 saturated carbocycles. The van der Waals surface area contributed by atoms with Crippen LogP contribution in [0.25, 0.3) is 0 Å². The number of amides is 2. The minimum absolute atomic E-state index is 0.151. The van der Waals surface area contributed by atoms with E-state index < -0.39 is 80.5 Å². The van der Waals surface area contributed by atoms with Crippen LogP contribution in [0.4, 0.5) is 16.2 Å². The Morgan fingerprint density at radius 1 is 0.692 bits per heavy atom. The molecule has 2 heterocycles. The lowest BCUT2D eigenvalue weighted by Crippen LogP contribution is -2.64. The zero-order valence-electron chi connectivity index (χ0n) is 20.9. The molecule has 4 rings (SSSR count). The Bertz CT molecular complexity index is 1060. The van der Waals surface area contributed by atoms with E-state index in [0.717, 1.165) is 0 Å². The molecule has 0 bridgehead atoms. The minimum Gasteiger partial charge on any atom is -0.394 e. The molecule has 13 nitrogen and oxygen atoms in total. The van der Waals surface area contributed by atoms with Gasteiger partial charge in [0.05, 0.1) is 19.3 Å². The lowest BCUT2D eigenvalue weighted by Gasteiger charge is -2.46. The van der Waals surface area contributed by atoms with Gasteiger partial charge < -0.3 is 60.6 Å². The summed E-state index contributed by atoms with van der Waals surface area (Å²) in [5.74, 6) is 0. The normalized spacial score (nSPS) is 34.8. The van der Waals surface area contributed by atoms with Crippen LogP contribution in [-0.2, 0) is 20.6 Å². The third-order valence-electron chi connectivity index (χ3n) is 6.78. The molecule has 2 saturated heterocycles. The van der Waals surface area contributed by atoms with Gasteiger partial charge in [0.1, 0.15) is 48.8 Å². The third-order valence-corrected chi connectivity index (χ3v) is 6.78. The molecule has 2 amide bonds. The molecule has 2 aliphatic rings. The Morgan fingerprint density at radius 3 is 1.90 bits per heavy atom. The van der Waals surface area contributed by atoms with E-state index in [1.54, 1.807) is 48.5 Å². The lowest BCUT2D eigenvalue weighted by molar-refractivity contribution is -0.342. The maximum absolute atomic E-state index is 12.2. The Morgan fingerprint density at radius 2 is 1.28 bits per heavy atom. The van der Waals surface area contributed by atoms with Crippen LogP contribution in [0, 0.1) is 0 Å². The summed E-state index contributed by atoms with van der Waals surface area (Å²) in [4.78, 5) is 12.2. The highest BCUT2D eigenvalue weighted by molar-refractivity contribution is 5.99. The fourth-order valence-electron chi connectivity index (χ4n) is 4.61. The highest BCUT2D eigenvalue weighted by atomic mass is 16.7. The number of carbonyl (C=O) groups is 1. The third kappa shape index (κ3) is 6.91. The predicted molar refractivity (Wildman–Crippen MR) is 136 cm³/mol. The molecule has 9 N–H and O–H groups in total. The quantitative estimate of drug-likeness (QED) is 0.185. The zero-order chi connectivity index (χ0) is 28.1. The van der Waals surface area contributed by atoms with Gasteiger partial charge in [-0.3, -0.25) is 0 Å². The average Bonchev–Trinajstić information content (AvgIpc) is 2.94. The van der Waals surface area contributed by atoms with E-state index >= 15 is 0 Å². The van der Waals surface area contributed by atoms with Crippen molar-refractivity contribution in [1.29, 1.82) is 0 Å². The molecule has 10 atom stereocenters. The number of hydrogen-bond donors (Lipinski definition) is 9. The summed E-state index contributed by atoms with van der Waals surface area (Å²) < 4.78 is 16.7. The minimum atomic E-state index is -1.73. The second kappa shape index (κ2) is 13.1. The first kappa shape index (κ1) is 29.3. The molecule has 13 heteroatoms. The van der Waals surface area contributed by atoms with Crippen molar-refractivity contribution in [3.63, 3.8) is 0 Å². The fraction of sp³-hybridized carbons (Fsp3) is 0.500. The van der Waals surface area contributed by atoms with Crippen molar-refractivity contribution in [2.45, 2.75) is 67.6 Å². The number of urea groups is 1. The fourth-order valence-corrected chi connectivity index (χ4v) is 4.61. The Kier molecular flexibility index (Phi) is 9.85. The van der Waals surface area contributed by atoms with Crippen LogP contribution >= 0.6 is 0 Å². The van der Waals surface area contributed by atoms with Crippen molar-refractivity contribution in [1.82, 2.24) is 0 Å². The van der Waals surface area contributed by atoms with Gasteiger partial charge in [-0.15, -0.1) is 0 Å². The summed E-state index contributed by atoms with van der Waals surface area (Å²) in [6.07, 6.45) is -14.2. The number of carbonyl (C=O) groups excluding carboxylic acids is 1. The SMILES string of the molecule is O=C(Nc1ccccc1)Nc1ccc(C[C@@H]2OC(CO)[C@@H](OC3OC(CO)[C@H](O)C(O)[C@@H]3O)[C@H](O)C2O)cc1.